The third kappa shape index (κ3) is 5.32. The summed E-state index contributed by atoms with van der Waals surface area (Å²) in [5.74, 6) is 1.78. The highest BCUT2D eigenvalue weighted by molar-refractivity contribution is 7.98. The molecule has 2 N–H and O–H groups in total. The first-order chi connectivity index (χ1) is 12.5. The number of nitrogens with zero attached hydrogens (tertiary/aromatic N) is 3. The lowest BCUT2D eigenvalue weighted by atomic mass is 10.1. The van der Waals surface area contributed by atoms with Gasteiger partial charge in [-0.25, -0.2) is 4.79 Å². The fourth-order valence-corrected chi connectivity index (χ4v) is 3.57. The van der Waals surface area contributed by atoms with Crippen LogP contribution in [0.2, 0.25) is 0 Å². The molecule has 142 valence electrons. The van der Waals surface area contributed by atoms with Crippen molar-refractivity contribution in [2.24, 2.45) is 11.7 Å². The lowest BCUT2D eigenvalue weighted by Gasteiger charge is -2.16. The number of hydrogen-bond donors (Lipinski definition) is 1. The molecule has 0 aliphatic heterocycles. The minimum Gasteiger partial charge on any atom is -0.465 e. The molecule has 0 amide bonds. The van der Waals surface area contributed by atoms with Crippen LogP contribution in [-0.2, 0) is 17.0 Å². The SMILES string of the molecule is CCCC(N)c1nnc(SCc2ccc(C(=O)OC)cc2)n1CC(C)C. The lowest BCUT2D eigenvalue weighted by molar-refractivity contribution is 0.0600. The zero-order valence-corrected chi connectivity index (χ0v) is 16.8. The average molecular weight is 377 g/mol. The molecule has 0 radical (unpaired) electrons. The van der Waals surface area contributed by atoms with E-state index in [0.717, 1.165) is 41.7 Å². The van der Waals surface area contributed by atoms with Crippen LogP contribution in [0.1, 0.15) is 61.4 Å². The first-order valence-corrected chi connectivity index (χ1v) is 9.93. The molecule has 0 saturated heterocycles. The summed E-state index contributed by atoms with van der Waals surface area (Å²) in [7, 11) is 1.38. The predicted molar refractivity (Wildman–Crippen MR) is 104 cm³/mol. The maximum Gasteiger partial charge on any atom is 0.337 e. The number of methoxy groups -OCH3 is 1. The molecule has 0 fully saturated rings. The van der Waals surface area contributed by atoms with Crippen LogP contribution in [0, 0.1) is 5.92 Å². The van der Waals surface area contributed by atoms with Gasteiger partial charge in [0, 0.05) is 12.3 Å². The highest BCUT2D eigenvalue weighted by Crippen LogP contribution is 2.26. The second-order valence-electron chi connectivity index (χ2n) is 6.72. The Bertz CT molecular complexity index is 713. The normalized spacial score (nSPS) is 12.4. The van der Waals surface area contributed by atoms with E-state index in [2.05, 4.69) is 35.5 Å². The molecule has 26 heavy (non-hydrogen) atoms. The standard InChI is InChI=1S/C19H28N4O2S/c1-5-6-16(20)17-21-22-19(23(17)11-13(2)3)26-12-14-7-9-15(10-8-14)18(24)25-4/h7-10,13,16H,5-6,11-12,20H2,1-4H3. The van der Waals surface area contributed by atoms with Crippen molar-refractivity contribution in [2.75, 3.05) is 7.11 Å². The van der Waals surface area contributed by atoms with Gasteiger partial charge in [-0.2, -0.15) is 0 Å². The van der Waals surface area contributed by atoms with Crippen molar-refractivity contribution in [1.82, 2.24) is 14.8 Å². The highest BCUT2D eigenvalue weighted by Gasteiger charge is 2.19. The Kier molecular flexibility index (Phi) is 7.66. The summed E-state index contributed by atoms with van der Waals surface area (Å²) in [4.78, 5) is 11.5. The van der Waals surface area contributed by atoms with Gasteiger partial charge >= 0.3 is 5.97 Å². The van der Waals surface area contributed by atoms with Gasteiger partial charge in [0.25, 0.3) is 0 Å². The largest absolute Gasteiger partial charge is 0.465 e. The van der Waals surface area contributed by atoms with E-state index in [0.29, 0.717) is 11.5 Å². The van der Waals surface area contributed by atoms with Crippen LogP contribution in [0.5, 0.6) is 0 Å². The Hall–Kier alpha value is -1.86. The van der Waals surface area contributed by atoms with Crippen molar-refractivity contribution in [2.45, 2.75) is 57.1 Å². The van der Waals surface area contributed by atoms with Gasteiger partial charge in [0.15, 0.2) is 11.0 Å². The number of rotatable bonds is 9. The molecule has 2 rings (SSSR count). The lowest BCUT2D eigenvalue weighted by Crippen LogP contribution is -2.18. The Morgan fingerprint density at radius 3 is 2.54 bits per heavy atom. The Balaban J connectivity index is 2.12. The van der Waals surface area contributed by atoms with Gasteiger partial charge in [-0.05, 0) is 30.0 Å². The molecular formula is C19H28N4O2S. The second-order valence-corrected chi connectivity index (χ2v) is 7.66. The van der Waals surface area contributed by atoms with E-state index in [1.165, 1.54) is 7.11 Å². The van der Waals surface area contributed by atoms with Crippen LogP contribution in [0.15, 0.2) is 29.4 Å². The molecule has 1 unspecified atom stereocenters. The molecule has 1 aromatic carbocycles. The summed E-state index contributed by atoms with van der Waals surface area (Å²) in [6, 6.07) is 7.35. The van der Waals surface area contributed by atoms with Gasteiger partial charge < -0.3 is 15.0 Å². The molecule has 1 atom stereocenters. The number of carbonyl (C=O) groups is 1. The Morgan fingerprint density at radius 2 is 1.96 bits per heavy atom. The van der Waals surface area contributed by atoms with E-state index < -0.39 is 0 Å². The molecule has 2 aromatic rings. The molecule has 0 spiro atoms. The van der Waals surface area contributed by atoms with Crippen LogP contribution < -0.4 is 5.73 Å². The number of ether oxygens (including phenoxy) is 1. The minimum absolute atomic E-state index is 0.0834. The maximum absolute atomic E-state index is 11.5. The van der Waals surface area contributed by atoms with Crippen LogP contribution in [0.4, 0.5) is 0 Å². The molecule has 0 aliphatic carbocycles. The topological polar surface area (TPSA) is 83.0 Å². The monoisotopic (exact) mass is 376 g/mol. The van der Waals surface area contributed by atoms with Crippen LogP contribution >= 0.6 is 11.8 Å². The van der Waals surface area contributed by atoms with Gasteiger partial charge in [-0.1, -0.05) is 51.1 Å². The molecule has 1 heterocycles. The van der Waals surface area contributed by atoms with Crippen molar-refractivity contribution in [3.05, 3.63) is 41.2 Å². The number of carbonyl (C=O) groups excluding carboxylic acids is 1. The van der Waals surface area contributed by atoms with E-state index in [4.69, 9.17) is 10.5 Å². The van der Waals surface area contributed by atoms with Crippen LogP contribution in [0.25, 0.3) is 0 Å². The number of esters is 1. The van der Waals surface area contributed by atoms with Gasteiger partial charge in [-0.15, -0.1) is 10.2 Å². The number of nitrogens with two attached hydrogens (primary N) is 1. The summed E-state index contributed by atoms with van der Waals surface area (Å²) in [6.45, 7) is 7.32. The molecule has 1 aromatic heterocycles. The van der Waals surface area contributed by atoms with Crippen molar-refractivity contribution in [3.63, 3.8) is 0 Å². The quantitative estimate of drug-likeness (QED) is 0.529. The summed E-state index contributed by atoms with van der Waals surface area (Å²) in [6.07, 6.45) is 1.92. The number of benzene rings is 1. The zero-order chi connectivity index (χ0) is 19.1. The molecule has 0 aliphatic rings. The highest BCUT2D eigenvalue weighted by atomic mass is 32.2. The van der Waals surface area contributed by atoms with Crippen molar-refractivity contribution < 1.29 is 9.53 Å². The fourth-order valence-electron chi connectivity index (χ4n) is 2.66. The van der Waals surface area contributed by atoms with Gasteiger partial charge in [0.2, 0.25) is 0 Å². The Labute approximate surface area is 159 Å². The number of aromatic nitrogens is 3. The van der Waals surface area contributed by atoms with Crippen LogP contribution in [-0.4, -0.2) is 27.8 Å². The van der Waals surface area contributed by atoms with E-state index >= 15 is 0 Å². The smallest absolute Gasteiger partial charge is 0.337 e. The van der Waals surface area contributed by atoms with Crippen molar-refractivity contribution in [3.8, 4) is 0 Å². The average Bonchev–Trinajstić information content (AvgIpc) is 3.02. The van der Waals surface area contributed by atoms with Crippen LogP contribution in [0.3, 0.4) is 0 Å². The van der Waals surface area contributed by atoms with Gasteiger partial charge in [0.05, 0.1) is 18.7 Å². The summed E-state index contributed by atoms with van der Waals surface area (Å²) >= 11 is 1.64. The van der Waals surface area contributed by atoms with Gasteiger partial charge in [0.1, 0.15) is 0 Å². The summed E-state index contributed by atoms with van der Waals surface area (Å²) in [5, 5.41) is 9.61. The summed E-state index contributed by atoms with van der Waals surface area (Å²) in [5.41, 5.74) is 7.95. The van der Waals surface area contributed by atoms with E-state index in [1.807, 2.05) is 12.1 Å². The predicted octanol–water partition coefficient (Wildman–Crippen LogP) is 3.81. The second kappa shape index (κ2) is 9.73. The van der Waals surface area contributed by atoms with E-state index in [9.17, 15) is 4.79 Å². The number of hydrogen-bond acceptors (Lipinski definition) is 6. The molecule has 0 bridgehead atoms. The third-order valence-corrected chi connectivity index (χ3v) is 5.01. The zero-order valence-electron chi connectivity index (χ0n) is 15.9. The third-order valence-electron chi connectivity index (χ3n) is 3.97. The van der Waals surface area contributed by atoms with E-state index in [-0.39, 0.29) is 12.0 Å². The molecule has 6 nitrogen and oxygen atoms in total. The number of thioether (sulfide) groups is 1. The molecule has 0 saturated carbocycles. The van der Waals surface area contributed by atoms with Crippen molar-refractivity contribution in [1.29, 1.82) is 0 Å². The maximum atomic E-state index is 11.5. The fraction of sp³-hybridized carbons (Fsp3) is 0.526. The van der Waals surface area contributed by atoms with E-state index in [1.54, 1.807) is 23.9 Å². The first kappa shape index (κ1) is 20.5. The van der Waals surface area contributed by atoms with Gasteiger partial charge in [-0.3, -0.25) is 0 Å². The molecule has 7 heteroatoms. The molecular weight excluding hydrogens is 348 g/mol. The summed E-state index contributed by atoms with van der Waals surface area (Å²) < 4.78 is 6.88. The Morgan fingerprint density at radius 1 is 1.27 bits per heavy atom. The van der Waals surface area contributed by atoms with Crippen molar-refractivity contribution >= 4 is 17.7 Å². The minimum atomic E-state index is -0.324. The first-order valence-electron chi connectivity index (χ1n) is 8.95.